The van der Waals surface area contributed by atoms with E-state index in [4.69, 9.17) is 0 Å². The van der Waals surface area contributed by atoms with Gasteiger partial charge in [-0.3, -0.25) is 0 Å². The summed E-state index contributed by atoms with van der Waals surface area (Å²) in [7, 11) is 0. The quantitative estimate of drug-likeness (QED) is 0.416. The van der Waals surface area contributed by atoms with Crippen LogP contribution < -0.4 is 0 Å². The summed E-state index contributed by atoms with van der Waals surface area (Å²) in [6.07, 6.45) is 6.22. The highest BCUT2D eigenvalue weighted by atomic mass is 79.9. The van der Waals surface area contributed by atoms with Crippen LogP contribution in [-0.2, 0) is 13.0 Å². The monoisotopic (exact) mass is 483 g/mol. The maximum atomic E-state index is 10.1. The van der Waals surface area contributed by atoms with Crippen molar-refractivity contribution in [3.05, 3.63) is 69.6 Å². The molecule has 156 valence electrons. The van der Waals surface area contributed by atoms with Crippen molar-refractivity contribution in [1.29, 1.82) is 5.26 Å². The van der Waals surface area contributed by atoms with Crippen molar-refractivity contribution in [2.24, 2.45) is 0 Å². The zero-order chi connectivity index (χ0) is 20.4. The van der Waals surface area contributed by atoms with Gasteiger partial charge in [0.2, 0.25) is 0 Å². The Balaban J connectivity index is 0.00000256. The van der Waals surface area contributed by atoms with Gasteiger partial charge in [0.05, 0.1) is 5.70 Å². The lowest BCUT2D eigenvalue weighted by Gasteiger charge is -2.23. The topological polar surface area (TPSA) is 57.7 Å². The number of aromatic nitrogens is 3. The van der Waals surface area contributed by atoms with Crippen molar-refractivity contribution in [2.75, 3.05) is 6.54 Å². The molecule has 2 aliphatic heterocycles. The molecule has 0 saturated carbocycles. The van der Waals surface area contributed by atoms with Gasteiger partial charge in [0, 0.05) is 24.9 Å². The Bertz CT molecular complexity index is 1060. The van der Waals surface area contributed by atoms with E-state index in [-0.39, 0.29) is 17.0 Å². The molecule has 0 bridgehead atoms. The van der Waals surface area contributed by atoms with Crippen LogP contribution in [0, 0.1) is 25.2 Å². The van der Waals surface area contributed by atoms with E-state index in [1.807, 2.05) is 6.08 Å². The maximum absolute atomic E-state index is 10.1. The lowest BCUT2D eigenvalue weighted by atomic mass is 10.0. The molecule has 3 heterocycles. The molecule has 0 N–H and O–H groups in total. The van der Waals surface area contributed by atoms with Gasteiger partial charge in [-0.1, -0.05) is 36.4 Å². The number of hydrogen-bond donors (Lipinski definition) is 0. The number of fused-ring (bicyclic) bond motifs is 1. The smallest absolute Gasteiger partial charge is 0.177 e. The highest BCUT2D eigenvalue weighted by Gasteiger charge is 2.29. The number of halogens is 1. The summed E-state index contributed by atoms with van der Waals surface area (Å²) in [5.41, 5.74) is 5.36. The number of hydrogen-bond acceptors (Lipinski definition) is 5. The first-order chi connectivity index (χ1) is 14.1. The average Bonchev–Trinajstić information content (AvgIpc) is 3.22. The van der Waals surface area contributed by atoms with E-state index < -0.39 is 0 Å². The van der Waals surface area contributed by atoms with Gasteiger partial charge in [-0.15, -0.1) is 33.8 Å². The van der Waals surface area contributed by atoms with E-state index in [0.29, 0.717) is 17.9 Å². The second kappa shape index (κ2) is 9.67. The van der Waals surface area contributed by atoms with E-state index in [1.54, 1.807) is 11.8 Å². The molecular formula is C23H26BrN5S. The summed E-state index contributed by atoms with van der Waals surface area (Å²) in [5.74, 6) is 1.68. The number of benzene rings is 1. The Hall–Kier alpha value is -2.30. The molecule has 0 saturated heterocycles. The van der Waals surface area contributed by atoms with Crippen LogP contribution >= 0.6 is 28.7 Å². The summed E-state index contributed by atoms with van der Waals surface area (Å²) in [5, 5.41) is 21.9. The van der Waals surface area contributed by atoms with Crippen molar-refractivity contribution in [1.82, 2.24) is 19.7 Å². The first kappa shape index (κ1) is 22.4. The Morgan fingerprint density at radius 3 is 2.80 bits per heavy atom. The number of nitrogens with zero attached hydrogens (tertiary/aromatic N) is 5. The average molecular weight is 484 g/mol. The predicted molar refractivity (Wildman–Crippen MR) is 129 cm³/mol. The fourth-order valence-corrected chi connectivity index (χ4v) is 4.88. The zero-order valence-electron chi connectivity index (χ0n) is 17.4. The molecule has 4 rings (SSSR count). The van der Waals surface area contributed by atoms with E-state index in [0.717, 1.165) is 47.9 Å². The van der Waals surface area contributed by atoms with Crippen molar-refractivity contribution < 1.29 is 0 Å². The third-order valence-electron chi connectivity index (χ3n) is 5.59. The van der Waals surface area contributed by atoms with Crippen LogP contribution in [0.5, 0.6) is 0 Å². The number of nitriles is 1. The largest absolute Gasteiger partial charge is 0.330 e. The molecule has 5 nitrogen and oxygen atoms in total. The molecule has 1 aromatic carbocycles. The first-order valence-corrected chi connectivity index (χ1v) is 10.9. The highest BCUT2D eigenvalue weighted by molar-refractivity contribution is 8.93. The number of allylic oxidation sites excluding steroid dienone is 1. The maximum Gasteiger partial charge on any atom is 0.177 e. The third-order valence-corrected chi connectivity index (χ3v) is 6.58. The van der Waals surface area contributed by atoms with E-state index in [9.17, 15) is 5.26 Å². The van der Waals surface area contributed by atoms with E-state index >= 15 is 0 Å². The fraction of sp³-hybridized carbons (Fsp3) is 0.348. The van der Waals surface area contributed by atoms with Crippen LogP contribution in [0.2, 0.25) is 0 Å². The van der Waals surface area contributed by atoms with Crippen LogP contribution in [-0.4, -0.2) is 26.2 Å². The molecule has 30 heavy (non-hydrogen) atoms. The van der Waals surface area contributed by atoms with Crippen LogP contribution in [0.25, 0.3) is 11.3 Å². The molecule has 0 amide bonds. The van der Waals surface area contributed by atoms with Gasteiger partial charge in [0.15, 0.2) is 5.82 Å². The molecule has 2 aliphatic rings. The van der Waals surface area contributed by atoms with Crippen LogP contribution in [0.3, 0.4) is 0 Å². The van der Waals surface area contributed by atoms with Crippen molar-refractivity contribution >= 4 is 40.0 Å². The Morgan fingerprint density at radius 2 is 2.07 bits per heavy atom. The van der Waals surface area contributed by atoms with Gasteiger partial charge in [0.25, 0.3) is 0 Å². The van der Waals surface area contributed by atoms with Gasteiger partial charge in [-0.2, -0.15) is 5.26 Å². The lowest BCUT2D eigenvalue weighted by molar-refractivity contribution is 0.586. The van der Waals surface area contributed by atoms with Gasteiger partial charge in [-0.05, 0) is 49.4 Å². The summed E-state index contributed by atoms with van der Waals surface area (Å²) < 4.78 is 2.14. The number of rotatable bonds is 4. The first-order valence-electron chi connectivity index (χ1n) is 10.0. The normalized spacial score (nSPS) is 17.4. The minimum atomic E-state index is 0. The van der Waals surface area contributed by atoms with Gasteiger partial charge in [-0.25, -0.2) is 0 Å². The second-order valence-electron chi connectivity index (χ2n) is 7.51. The molecule has 2 aromatic rings. The summed E-state index contributed by atoms with van der Waals surface area (Å²) in [6.45, 7) is 9.69. The standard InChI is InChI=1S/C23H25N5S.BrH/c1-4-11-27-20(18-10-9-16(2)17(3)13-18)15-29-23(27)19(14-24)22-26-25-21-8-6-5-7-12-28(21)22;/h4,9-10,13,15H,1,5-8,11-12H2,2-3H3;1H/b23-19+;. The minimum Gasteiger partial charge on any atom is -0.330 e. The summed E-state index contributed by atoms with van der Waals surface area (Å²) in [6, 6.07) is 8.92. The molecule has 0 atom stereocenters. The molecule has 1 aromatic heterocycles. The van der Waals surface area contributed by atoms with Crippen molar-refractivity contribution in [3.8, 4) is 6.07 Å². The van der Waals surface area contributed by atoms with E-state index in [2.05, 4.69) is 69.8 Å². The molecule has 0 aliphatic carbocycles. The van der Waals surface area contributed by atoms with Crippen LogP contribution in [0.1, 0.15) is 47.6 Å². The van der Waals surface area contributed by atoms with Gasteiger partial charge >= 0.3 is 0 Å². The second-order valence-corrected chi connectivity index (χ2v) is 8.37. The van der Waals surface area contributed by atoms with E-state index in [1.165, 1.54) is 17.5 Å². The van der Waals surface area contributed by atoms with Crippen LogP contribution in [0.15, 0.2) is 41.3 Å². The lowest BCUT2D eigenvalue weighted by Crippen LogP contribution is -2.19. The molecule has 0 radical (unpaired) electrons. The molecule has 0 unspecified atom stereocenters. The Labute approximate surface area is 192 Å². The minimum absolute atomic E-state index is 0. The van der Waals surface area contributed by atoms with Crippen molar-refractivity contribution in [3.63, 3.8) is 0 Å². The van der Waals surface area contributed by atoms with Crippen molar-refractivity contribution in [2.45, 2.75) is 46.1 Å². The summed E-state index contributed by atoms with van der Waals surface area (Å²) >= 11 is 1.58. The highest BCUT2D eigenvalue weighted by Crippen LogP contribution is 2.43. The fourth-order valence-electron chi connectivity index (χ4n) is 3.84. The molecule has 0 spiro atoms. The Kier molecular flexibility index (Phi) is 7.22. The molecule has 0 fully saturated rings. The zero-order valence-corrected chi connectivity index (χ0v) is 19.9. The SMILES string of the molecule is Br.C=CCN1C(c2ccc(C)c(C)c2)=CS/C1=C(\C#N)c1nnc2n1CCCCC2. The molecule has 7 heteroatoms. The van der Waals surface area contributed by atoms with Crippen LogP contribution in [0.4, 0.5) is 0 Å². The predicted octanol–water partition coefficient (Wildman–Crippen LogP) is 5.62. The van der Waals surface area contributed by atoms with Gasteiger partial charge < -0.3 is 9.47 Å². The third kappa shape index (κ3) is 4.12. The van der Waals surface area contributed by atoms with Gasteiger partial charge in [0.1, 0.15) is 22.5 Å². The number of thioether (sulfide) groups is 1. The Morgan fingerprint density at radius 1 is 1.23 bits per heavy atom. The summed E-state index contributed by atoms with van der Waals surface area (Å²) in [4.78, 5) is 2.17. The number of aryl methyl sites for hydroxylation is 3. The molecular weight excluding hydrogens is 458 g/mol.